The summed E-state index contributed by atoms with van der Waals surface area (Å²) in [6, 6.07) is 18.5. The van der Waals surface area contributed by atoms with Crippen LogP contribution in [0.5, 0.6) is 0 Å². The van der Waals surface area contributed by atoms with E-state index in [-0.39, 0.29) is 32.7 Å². The van der Waals surface area contributed by atoms with E-state index in [0.29, 0.717) is 0 Å². The number of benzene rings is 2. The molecule has 0 saturated heterocycles. The van der Waals surface area contributed by atoms with Gasteiger partial charge < -0.3 is 5.11 Å². The van der Waals surface area contributed by atoms with E-state index < -0.39 is 13.8 Å². The topological polar surface area (TPSA) is 82.1 Å². The van der Waals surface area contributed by atoms with Crippen molar-refractivity contribution in [3.63, 3.8) is 0 Å². The van der Waals surface area contributed by atoms with Gasteiger partial charge >= 0.3 is 13.8 Å². The number of carboxylic acids is 1. The van der Waals surface area contributed by atoms with Crippen LogP contribution in [-0.2, 0) is 36.1 Å². The largest absolute Gasteiger partial charge is 0.481 e. The van der Waals surface area contributed by atoms with E-state index in [4.69, 9.17) is 18.7 Å². The average molecular weight is 364 g/mol. The number of phosphoric ester groups is 1. The summed E-state index contributed by atoms with van der Waals surface area (Å²) in [7, 11) is -3.80. The highest BCUT2D eigenvalue weighted by Gasteiger charge is 2.27. The minimum Gasteiger partial charge on any atom is -0.481 e. The quantitative estimate of drug-likeness (QED) is 0.470. The number of carbonyl (C=O) groups is 1. The van der Waals surface area contributed by atoms with E-state index >= 15 is 0 Å². The number of hydrogen-bond acceptors (Lipinski definition) is 5. The third kappa shape index (κ3) is 7.63. The van der Waals surface area contributed by atoms with Crippen LogP contribution in [0.15, 0.2) is 60.7 Å². The summed E-state index contributed by atoms with van der Waals surface area (Å²) >= 11 is 0. The molecule has 0 aliphatic carbocycles. The van der Waals surface area contributed by atoms with Crippen molar-refractivity contribution < 1.29 is 28.0 Å². The molecular formula is C18H21O6P. The molecule has 2 rings (SSSR count). The third-order valence-electron chi connectivity index (χ3n) is 3.25. The summed E-state index contributed by atoms with van der Waals surface area (Å²) in [4.78, 5) is 10.6. The fourth-order valence-corrected chi connectivity index (χ4v) is 3.16. The Morgan fingerprint density at radius 3 is 1.76 bits per heavy atom. The van der Waals surface area contributed by atoms with Crippen molar-refractivity contribution in [1.29, 1.82) is 0 Å². The molecule has 0 bridgehead atoms. The molecule has 7 heteroatoms. The van der Waals surface area contributed by atoms with Gasteiger partial charge in [-0.05, 0) is 17.5 Å². The van der Waals surface area contributed by atoms with E-state index in [1.807, 2.05) is 60.7 Å². The number of carboxylic acid groups (broad SMARTS) is 1. The van der Waals surface area contributed by atoms with Crippen LogP contribution in [0.4, 0.5) is 0 Å². The Morgan fingerprint density at radius 2 is 1.32 bits per heavy atom. The van der Waals surface area contributed by atoms with Gasteiger partial charge in [-0.2, -0.15) is 0 Å². The van der Waals surface area contributed by atoms with E-state index in [9.17, 15) is 9.36 Å². The van der Waals surface area contributed by atoms with Crippen molar-refractivity contribution in [2.75, 3.05) is 6.61 Å². The molecule has 0 atom stereocenters. The van der Waals surface area contributed by atoms with Gasteiger partial charge in [0.2, 0.25) is 0 Å². The molecule has 0 saturated carbocycles. The Kier molecular flexibility index (Phi) is 7.82. The standard InChI is InChI=1S/C18H21O6P/c19-18(20)12-7-13-22-25(21,23-14-16-8-3-1-4-9-16)24-15-17-10-5-2-6-11-17/h1-6,8-11H,7,12-15H2,(H,19,20). The Balaban J connectivity index is 1.93. The number of hydrogen-bond donors (Lipinski definition) is 1. The van der Waals surface area contributed by atoms with Gasteiger partial charge in [-0.15, -0.1) is 0 Å². The normalized spacial score (nSPS) is 11.4. The van der Waals surface area contributed by atoms with Crippen molar-refractivity contribution in [3.8, 4) is 0 Å². The molecule has 25 heavy (non-hydrogen) atoms. The Bertz CT molecular complexity index is 642. The van der Waals surface area contributed by atoms with Gasteiger partial charge in [-0.1, -0.05) is 60.7 Å². The molecule has 134 valence electrons. The molecule has 0 radical (unpaired) electrons. The van der Waals surface area contributed by atoms with E-state index in [1.54, 1.807) is 0 Å². The van der Waals surface area contributed by atoms with Crippen LogP contribution in [0, 0.1) is 0 Å². The van der Waals surface area contributed by atoms with Crippen molar-refractivity contribution in [3.05, 3.63) is 71.8 Å². The SMILES string of the molecule is O=C(O)CCCOP(=O)(OCc1ccccc1)OCc1ccccc1. The van der Waals surface area contributed by atoms with Crippen LogP contribution >= 0.6 is 7.82 Å². The predicted molar refractivity (Wildman–Crippen MR) is 92.9 cm³/mol. The van der Waals surface area contributed by atoms with E-state index in [2.05, 4.69) is 0 Å². The Morgan fingerprint density at radius 1 is 0.840 bits per heavy atom. The first kappa shape index (κ1) is 19.3. The molecule has 0 aliphatic rings. The van der Waals surface area contributed by atoms with Crippen molar-refractivity contribution in [1.82, 2.24) is 0 Å². The second-order valence-corrected chi connectivity index (χ2v) is 6.96. The Hall–Kier alpha value is -1.98. The van der Waals surface area contributed by atoms with Crippen LogP contribution in [-0.4, -0.2) is 17.7 Å². The molecule has 0 spiro atoms. The summed E-state index contributed by atoms with van der Waals surface area (Å²) in [5.41, 5.74) is 1.67. The maximum Gasteiger partial charge on any atom is 0.475 e. The highest BCUT2D eigenvalue weighted by Crippen LogP contribution is 2.51. The fraction of sp³-hybridized carbons (Fsp3) is 0.278. The molecule has 0 aliphatic heterocycles. The van der Waals surface area contributed by atoms with Gasteiger partial charge in [0.15, 0.2) is 0 Å². The second kappa shape index (κ2) is 10.1. The van der Waals surface area contributed by atoms with Gasteiger partial charge in [-0.3, -0.25) is 18.4 Å². The fourth-order valence-electron chi connectivity index (χ4n) is 1.97. The second-order valence-electron chi connectivity index (χ2n) is 5.30. The lowest BCUT2D eigenvalue weighted by Crippen LogP contribution is -2.04. The first-order valence-electron chi connectivity index (χ1n) is 7.91. The highest BCUT2D eigenvalue weighted by molar-refractivity contribution is 7.48. The lowest BCUT2D eigenvalue weighted by molar-refractivity contribution is -0.137. The van der Waals surface area contributed by atoms with E-state index in [0.717, 1.165) is 11.1 Å². The molecular weight excluding hydrogens is 343 g/mol. The molecule has 1 N–H and O–H groups in total. The first-order valence-corrected chi connectivity index (χ1v) is 9.37. The minimum atomic E-state index is -3.80. The van der Waals surface area contributed by atoms with Gasteiger partial charge in [0.05, 0.1) is 19.8 Å². The first-order chi connectivity index (χ1) is 12.1. The van der Waals surface area contributed by atoms with Crippen LogP contribution in [0.25, 0.3) is 0 Å². The molecule has 2 aromatic carbocycles. The Labute approximate surface area is 147 Å². The van der Waals surface area contributed by atoms with Gasteiger partial charge in [-0.25, -0.2) is 4.57 Å². The molecule has 0 fully saturated rings. The lowest BCUT2D eigenvalue weighted by atomic mass is 10.2. The van der Waals surface area contributed by atoms with Crippen LogP contribution in [0.2, 0.25) is 0 Å². The maximum atomic E-state index is 12.8. The zero-order valence-corrected chi connectivity index (χ0v) is 14.6. The van der Waals surface area contributed by atoms with Crippen LogP contribution in [0.1, 0.15) is 24.0 Å². The molecule has 0 amide bonds. The van der Waals surface area contributed by atoms with Crippen molar-refractivity contribution in [2.45, 2.75) is 26.1 Å². The van der Waals surface area contributed by atoms with Gasteiger partial charge in [0, 0.05) is 6.42 Å². The van der Waals surface area contributed by atoms with Crippen molar-refractivity contribution >= 4 is 13.8 Å². The summed E-state index contributed by atoms with van der Waals surface area (Å²) in [5, 5.41) is 8.66. The zero-order valence-electron chi connectivity index (χ0n) is 13.7. The van der Waals surface area contributed by atoms with Gasteiger partial charge in [0.25, 0.3) is 0 Å². The summed E-state index contributed by atoms with van der Waals surface area (Å²) < 4.78 is 28.9. The average Bonchev–Trinajstić information content (AvgIpc) is 2.64. The number of rotatable bonds is 11. The van der Waals surface area contributed by atoms with Crippen LogP contribution < -0.4 is 0 Å². The molecule has 0 unspecified atom stereocenters. The number of phosphoric acid groups is 1. The van der Waals surface area contributed by atoms with Crippen LogP contribution in [0.3, 0.4) is 0 Å². The van der Waals surface area contributed by atoms with Crippen molar-refractivity contribution in [2.24, 2.45) is 0 Å². The molecule has 6 nitrogen and oxygen atoms in total. The summed E-state index contributed by atoms with van der Waals surface area (Å²) in [5.74, 6) is -0.936. The van der Waals surface area contributed by atoms with Gasteiger partial charge in [0.1, 0.15) is 0 Å². The molecule has 0 heterocycles. The predicted octanol–water partition coefficient (Wildman–Crippen LogP) is 4.41. The third-order valence-corrected chi connectivity index (χ3v) is 4.64. The summed E-state index contributed by atoms with van der Waals surface area (Å²) in [6.45, 7) is 0.130. The molecule has 2 aromatic rings. The smallest absolute Gasteiger partial charge is 0.475 e. The maximum absolute atomic E-state index is 12.8. The lowest BCUT2D eigenvalue weighted by Gasteiger charge is -2.18. The van der Waals surface area contributed by atoms with E-state index in [1.165, 1.54) is 0 Å². The molecule has 0 aromatic heterocycles. The zero-order chi connectivity index (χ0) is 18.0. The monoisotopic (exact) mass is 364 g/mol. The summed E-state index contributed by atoms with van der Waals surface area (Å²) in [6.07, 6.45) is 0.153. The number of aliphatic carboxylic acids is 1. The highest BCUT2D eigenvalue weighted by atomic mass is 31.2. The minimum absolute atomic E-state index is 0.0207.